The third-order valence-corrected chi connectivity index (χ3v) is 6.22. The lowest BCUT2D eigenvalue weighted by molar-refractivity contribution is 0.0955. The number of amides is 1. The predicted molar refractivity (Wildman–Crippen MR) is 99.9 cm³/mol. The van der Waals surface area contributed by atoms with Crippen LogP contribution in [-0.2, 0) is 9.84 Å². The predicted octanol–water partition coefficient (Wildman–Crippen LogP) is 1.21. The van der Waals surface area contributed by atoms with Gasteiger partial charge in [0.1, 0.15) is 0 Å². The fourth-order valence-corrected chi connectivity index (χ4v) is 4.73. The molecule has 2 aromatic rings. The molecule has 26 heavy (non-hydrogen) atoms. The second kappa shape index (κ2) is 6.91. The van der Waals surface area contributed by atoms with E-state index in [9.17, 15) is 13.2 Å². The highest BCUT2D eigenvalue weighted by Gasteiger charge is 2.31. The number of carbonyl (C=O) groups excluding carboxylic acids is 1. The largest absolute Gasteiger partial charge is 0.399 e. The van der Waals surface area contributed by atoms with Crippen molar-refractivity contribution in [2.45, 2.75) is 26.3 Å². The monoisotopic (exact) mass is 375 g/mol. The number of nitrogens with one attached hydrogen (secondary N) is 1. The first-order valence-electron chi connectivity index (χ1n) is 8.22. The van der Waals surface area contributed by atoms with E-state index in [0.29, 0.717) is 17.7 Å². The molecule has 1 aliphatic rings. The number of aryl methyl sites for hydroxylation is 1. The summed E-state index contributed by atoms with van der Waals surface area (Å²) in [6, 6.07) is 6.38. The van der Waals surface area contributed by atoms with Gasteiger partial charge in [-0.3, -0.25) is 9.48 Å². The van der Waals surface area contributed by atoms with Crippen LogP contribution in [0.1, 0.15) is 39.8 Å². The minimum atomic E-state index is -2.99. The number of nitrogen functional groups attached to an aromatic ring is 1. The van der Waals surface area contributed by atoms with Crippen LogP contribution in [0.2, 0.25) is 0 Å². The van der Waals surface area contributed by atoms with Crippen molar-refractivity contribution in [3.63, 3.8) is 0 Å². The zero-order valence-electron chi connectivity index (χ0n) is 14.6. The Morgan fingerprint density at radius 2 is 2.04 bits per heavy atom. The van der Waals surface area contributed by atoms with E-state index in [1.54, 1.807) is 28.9 Å². The maximum atomic E-state index is 12.0. The Bertz CT molecular complexity index is 961. The Morgan fingerprint density at radius 3 is 2.65 bits per heavy atom. The molecule has 1 aromatic carbocycles. The molecule has 0 unspecified atom stereocenters. The fraction of sp³-hybridized carbons (Fsp3) is 0.353. The molecular weight excluding hydrogens is 354 g/mol. The smallest absolute Gasteiger partial charge is 0.271 e. The van der Waals surface area contributed by atoms with E-state index >= 15 is 0 Å². The van der Waals surface area contributed by atoms with E-state index in [2.05, 4.69) is 15.6 Å². The van der Waals surface area contributed by atoms with E-state index in [0.717, 1.165) is 17.0 Å². The Balaban J connectivity index is 1.73. The lowest BCUT2D eigenvalue weighted by Crippen LogP contribution is -2.17. The molecule has 2 heterocycles. The number of nitrogens with two attached hydrogens (primary N) is 1. The molecule has 1 atom stereocenters. The number of nitrogens with zero attached hydrogens (tertiary/aromatic N) is 3. The number of aromatic nitrogens is 2. The number of benzene rings is 1. The minimum absolute atomic E-state index is 0.111. The Labute approximate surface area is 152 Å². The molecule has 1 amide bonds. The molecule has 1 aliphatic heterocycles. The quantitative estimate of drug-likeness (QED) is 0.473. The van der Waals surface area contributed by atoms with Gasteiger partial charge < -0.3 is 5.73 Å². The van der Waals surface area contributed by atoms with Gasteiger partial charge in [0, 0.05) is 22.5 Å². The lowest BCUT2D eigenvalue weighted by Gasteiger charge is -2.10. The van der Waals surface area contributed by atoms with Crippen LogP contribution in [0, 0.1) is 13.8 Å². The van der Waals surface area contributed by atoms with Crippen molar-refractivity contribution < 1.29 is 13.2 Å². The first-order chi connectivity index (χ1) is 12.3. The first-order valence-corrected chi connectivity index (χ1v) is 10.0. The maximum Gasteiger partial charge on any atom is 0.271 e. The summed E-state index contributed by atoms with van der Waals surface area (Å²) in [6.07, 6.45) is 2.10. The van der Waals surface area contributed by atoms with Crippen LogP contribution in [0.3, 0.4) is 0 Å². The Kier molecular flexibility index (Phi) is 4.82. The number of anilines is 1. The van der Waals surface area contributed by atoms with Crippen LogP contribution in [0.4, 0.5) is 5.69 Å². The summed E-state index contributed by atoms with van der Waals surface area (Å²) in [4.78, 5) is 12.0. The van der Waals surface area contributed by atoms with Crippen LogP contribution >= 0.6 is 0 Å². The number of sulfone groups is 1. The summed E-state index contributed by atoms with van der Waals surface area (Å²) in [5, 5.41) is 8.46. The highest BCUT2D eigenvalue weighted by molar-refractivity contribution is 7.91. The van der Waals surface area contributed by atoms with Crippen LogP contribution in [0.25, 0.3) is 0 Å². The second-order valence-electron chi connectivity index (χ2n) is 6.41. The Hall–Kier alpha value is -2.68. The third kappa shape index (κ3) is 3.77. The number of hydrogen-bond donors (Lipinski definition) is 2. The summed E-state index contributed by atoms with van der Waals surface area (Å²) in [7, 11) is -2.99. The molecule has 0 radical (unpaired) electrons. The van der Waals surface area contributed by atoms with Crippen molar-refractivity contribution in [2.24, 2.45) is 5.10 Å². The topological polar surface area (TPSA) is 119 Å². The number of rotatable bonds is 4. The van der Waals surface area contributed by atoms with Crippen molar-refractivity contribution >= 4 is 27.6 Å². The van der Waals surface area contributed by atoms with E-state index in [1.165, 1.54) is 6.21 Å². The van der Waals surface area contributed by atoms with Gasteiger partial charge in [-0.25, -0.2) is 13.8 Å². The Morgan fingerprint density at radius 1 is 1.35 bits per heavy atom. The molecule has 0 bridgehead atoms. The summed E-state index contributed by atoms with van der Waals surface area (Å²) < 4.78 is 25.1. The van der Waals surface area contributed by atoms with Crippen LogP contribution in [-0.4, -0.2) is 41.8 Å². The zero-order chi connectivity index (χ0) is 18.9. The molecule has 1 fully saturated rings. The molecule has 9 heteroatoms. The highest BCUT2D eigenvalue weighted by atomic mass is 32.2. The normalized spacial score (nSPS) is 19.1. The van der Waals surface area contributed by atoms with Crippen molar-refractivity contribution in [3.05, 3.63) is 46.8 Å². The average molecular weight is 375 g/mol. The molecular formula is C17H21N5O3S. The molecule has 0 spiro atoms. The first kappa shape index (κ1) is 18.1. The maximum absolute atomic E-state index is 12.0. The summed E-state index contributed by atoms with van der Waals surface area (Å²) >= 11 is 0. The summed E-state index contributed by atoms with van der Waals surface area (Å²) in [6.45, 7) is 3.70. The molecule has 3 N–H and O–H groups in total. The SMILES string of the molecule is Cc1nn([C@H]2CCS(=O)(=O)C2)c(C)c1/C=N\NC(=O)c1ccc(N)cc1. The summed E-state index contributed by atoms with van der Waals surface area (Å²) in [5.41, 5.74) is 11.4. The minimum Gasteiger partial charge on any atom is -0.399 e. The molecule has 1 aromatic heterocycles. The van der Waals surface area contributed by atoms with Gasteiger partial charge in [0.25, 0.3) is 5.91 Å². The van der Waals surface area contributed by atoms with Gasteiger partial charge in [-0.2, -0.15) is 10.2 Å². The van der Waals surface area contributed by atoms with E-state index in [-0.39, 0.29) is 23.5 Å². The molecule has 138 valence electrons. The van der Waals surface area contributed by atoms with Crippen molar-refractivity contribution in [2.75, 3.05) is 17.2 Å². The molecule has 0 aliphatic carbocycles. The van der Waals surface area contributed by atoms with Gasteiger partial charge in [0.2, 0.25) is 0 Å². The molecule has 0 saturated carbocycles. The average Bonchev–Trinajstić information content (AvgIpc) is 3.08. The summed E-state index contributed by atoms with van der Waals surface area (Å²) in [5.74, 6) is -0.0397. The zero-order valence-corrected chi connectivity index (χ0v) is 15.5. The molecule has 3 rings (SSSR count). The number of hydrazone groups is 1. The van der Waals surface area contributed by atoms with Gasteiger partial charge in [-0.15, -0.1) is 0 Å². The van der Waals surface area contributed by atoms with Gasteiger partial charge >= 0.3 is 0 Å². The van der Waals surface area contributed by atoms with E-state index < -0.39 is 9.84 Å². The number of hydrogen-bond acceptors (Lipinski definition) is 6. The lowest BCUT2D eigenvalue weighted by atomic mass is 10.2. The van der Waals surface area contributed by atoms with Crippen molar-refractivity contribution in [3.8, 4) is 0 Å². The van der Waals surface area contributed by atoms with E-state index in [1.807, 2.05) is 13.8 Å². The second-order valence-corrected chi connectivity index (χ2v) is 8.64. The van der Waals surface area contributed by atoms with Crippen LogP contribution < -0.4 is 11.2 Å². The van der Waals surface area contributed by atoms with Gasteiger partial charge in [-0.1, -0.05) is 0 Å². The van der Waals surface area contributed by atoms with Gasteiger partial charge in [0.15, 0.2) is 9.84 Å². The molecule has 8 nitrogen and oxygen atoms in total. The van der Waals surface area contributed by atoms with E-state index in [4.69, 9.17) is 5.73 Å². The molecule has 1 saturated heterocycles. The third-order valence-electron chi connectivity index (χ3n) is 4.47. The fourth-order valence-electron chi connectivity index (χ4n) is 3.04. The van der Waals surface area contributed by atoms with Gasteiger partial charge in [0.05, 0.1) is 29.5 Å². The van der Waals surface area contributed by atoms with Crippen molar-refractivity contribution in [1.29, 1.82) is 0 Å². The number of carbonyl (C=O) groups is 1. The van der Waals surface area contributed by atoms with Crippen molar-refractivity contribution in [1.82, 2.24) is 15.2 Å². The standard InChI is InChI=1S/C17H21N5O3S/c1-11-16(9-19-20-17(23)13-3-5-14(18)6-4-13)12(2)22(21-11)15-7-8-26(24,25)10-15/h3-6,9,15H,7-8,10,18H2,1-2H3,(H,20,23)/b19-9-/t15-/m0/s1. The van der Waals surface area contributed by atoms with Crippen LogP contribution in [0.5, 0.6) is 0 Å². The van der Waals surface area contributed by atoms with Crippen LogP contribution in [0.15, 0.2) is 29.4 Å². The highest BCUT2D eigenvalue weighted by Crippen LogP contribution is 2.26. The van der Waals surface area contributed by atoms with Gasteiger partial charge in [-0.05, 0) is 44.5 Å².